The number of nitrogens with one attached hydrogen (secondary N) is 1. The van der Waals surface area contributed by atoms with E-state index in [4.69, 9.17) is 0 Å². The minimum atomic E-state index is 0.528. The van der Waals surface area contributed by atoms with E-state index < -0.39 is 0 Å². The van der Waals surface area contributed by atoms with Crippen LogP contribution in [0, 0.1) is 0 Å². The summed E-state index contributed by atoms with van der Waals surface area (Å²) in [5.74, 6) is 0. The number of benzene rings is 1. The molecule has 0 amide bonds. The van der Waals surface area contributed by atoms with Gasteiger partial charge in [0.25, 0.3) is 0 Å². The van der Waals surface area contributed by atoms with Crippen LogP contribution in [0.15, 0.2) is 61.3 Å². The van der Waals surface area contributed by atoms with Gasteiger partial charge in [-0.25, -0.2) is 0 Å². The molecule has 1 aromatic rings. The van der Waals surface area contributed by atoms with E-state index in [2.05, 4.69) is 75.7 Å². The largest absolute Gasteiger partial charge is 0.383 e. The molecule has 0 aliphatic rings. The van der Waals surface area contributed by atoms with Crippen molar-refractivity contribution in [2.24, 2.45) is 0 Å². The lowest BCUT2D eigenvalue weighted by Gasteiger charge is -2.19. The maximum absolute atomic E-state index is 4.04. The Labute approximate surface area is 148 Å². The van der Waals surface area contributed by atoms with Gasteiger partial charge in [0.15, 0.2) is 0 Å². The van der Waals surface area contributed by atoms with E-state index in [1.54, 1.807) is 0 Å². The summed E-state index contributed by atoms with van der Waals surface area (Å²) in [7, 11) is 0. The summed E-state index contributed by atoms with van der Waals surface area (Å²) in [5, 5.41) is 3.68. The summed E-state index contributed by atoms with van der Waals surface area (Å²) < 4.78 is 0. The molecule has 0 aromatic heterocycles. The lowest BCUT2D eigenvalue weighted by atomic mass is 9.99. The van der Waals surface area contributed by atoms with Crippen molar-refractivity contribution in [3.63, 3.8) is 0 Å². The van der Waals surface area contributed by atoms with E-state index in [0.717, 1.165) is 23.3 Å². The van der Waals surface area contributed by atoms with Crippen LogP contribution in [0.25, 0.3) is 11.1 Å². The lowest BCUT2D eigenvalue weighted by Crippen LogP contribution is -2.27. The van der Waals surface area contributed by atoms with E-state index in [1.165, 1.54) is 30.4 Å². The summed E-state index contributed by atoms with van der Waals surface area (Å²) in [6, 6.07) is 9.01. The zero-order chi connectivity index (χ0) is 17.9. The second kappa shape index (κ2) is 10.7. The van der Waals surface area contributed by atoms with E-state index in [1.807, 2.05) is 13.0 Å². The summed E-state index contributed by atoms with van der Waals surface area (Å²) in [4.78, 5) is 0. The van der Waals surface area contributed by atoms with Gasteiger partial charge < -0.3 is 5.32 Å². The Bertz CT molecular complexity index is 604. The van der Waals surface area contributed by atoms with Gasteiger partial charge >= 0.3 is 0 Å². The van der Waals surface area contributed by atoms with Crippen molar-refractivity contribution >= 4 is 11.1 Å². The second-order valence-corrected chi connectivity index (χ2v) is 6.30. The molecule has 130 valence electrons. The minimum Gasteiger partial charge on any atom is -0.383 e. The van der Waals surface area contributed by atoms with Crippen LogP contribution in [0.2, 0.25) is 0 Å². The Morgan fingerprint density at radius 2 is 1.96 bits per heavy atom. The van der Waals surface area contributed by atoms with Crippen molar-refractivity contribution in [1.29, 1.82) is 0 Å². The summed E-state index contributed by atoms with van der Waals surface area (Å²) in [6.45, 7) is 16.6. The molecular formula is C23H33N. The maximum atomic E-state index is 4.04. The normalized spacial score (nSPS) is 13.5. The van der Waals surface area contributed by atoms with Gasteiger partial charge in [-0.1, -0.05) is 75.8 Å². The van der Waals surface area contributed by atoms with Crippen LogP contribution in [0.3, 0.4) is 0 Å². The van der Waals surface area contributed by atoms with Gasteiger partial charge in [0, 0.05) is 11.7 Å². The molecule has 1 aromatic carbocycles. The molecule has 1 unspecified atom stereocenters. The maximum Gasteiger partial charge on any atom is 0.0305 e. The molecule has 0 saturated heterocycles. The second-order valence-electron chi connectivity index (χ2n) is 6.30. The van der Waals surface area contributed by atoms with Crippen molar-refractivity contribution in [2.45, 2.75) is 59.4 Å². The van der Waals surface area contributed by atoms with E-state index in [9.17, 15) is 0 Å². The zero-order valence-electron chi connectivity index (χ0n) is 15.9. The summed E-state index contributed by atoms with van der Waals surface area (Å²) in [5.41, 5.74) is 5.71. The quantitative estimate of drug-likeness (QED) is 0.469. The van der Waals surface area contributed by atoms with Crippen LogP contribution in [0.5, 0.6) is 0 Å². The fourth-order valence-corrected chi connectivity index (χ4v) is 2.66. The lowest BCUT2D eigenvalue weighted by molar-refractivity contribution is 0.495. The zero-order valence-corrected chi connectivity index (χ0v) is 15.9. The van der Waals surface area contributed by atoms with E-state index >= 15 is 0 Å². The highest BCUT2D eigenvalue weighted by molar-refractivity contribution is 5.77. The number of allylic oxidation sites excluding steroid dienone is 5. The first-order valence-electron chi connectivity index (χ1n) is 9.08. The summed E-state index contributed by atoms with van der Waals surface area (Å²) >= 11 is 0. The standard InChI is InChI=1S/C23H33N/c1-7-11-15-22(9-3)24-23(10-4)17-19(8-2)21-14-12-13-20(16-21)18(5)6/h8,10,12-14,16-17,22,24H,2,5,7,9,11,15H2,1,3-4,6H3/b19-17+,23-10+. The van der Waals surface area contributed by atoms with E-state index in [-0.39, 0.29) is 0 Å². The number of hydrogen-bond donors (Lipinski definition) is 1. The molecule has 0 bridgehead atoms. The van der Waals surface area contributed by atoms with Crippen LogP contribution in [-0.2, 0) is 0 Å². The molecule has 1 rings (SSSR count). The fraction of sp³-hybridized carbons (Fsp3) is 0.391. The topological polar surface area (TPSA) is 12.0 Å². The first-order valence-corrected chi connectivity index (χ1v) is 9.08. The average molecular weight is 324 g/mol. The smallest absolute Gasteiger partial charge is 0.0305 e. The molecule has 0 saturated carbocycles. The van der Waals surface area contributed by atoms with Gasteiger partial charge in [-0.15, -0.1) is 0 Å². The van der Waals surface area contributed by atoms with Crippen LogP contribution in [0.1, 0.15) is 64.5 Å². The van der Waals surface area contributed by atoms with Gasteiger partial charge in [0.05, 0.1) is 0 Å². The predicted molar refractivity (Wildman–Crippen MR) is 110 cm³/mol. The Balaban J connectivity index is 3.01. The molecule has 24 heavy (non-hydrogen) atoms. The van der Waals surface area contributed by atoms with Gasteiger partial charge in [-0.05, 0) is 55.5 Å². The van der Waals surface area contributed by atoms with Gasteiger partial charge in [-0.3, -0.25) is 0 Å². The van der Waals surface area contributed by atoms with Crippen molar-refractivity contribution < 1.29 is 0 Å². The molecule has 0 aliphatic carbocycles. The van der Waals surface area contributed by atoms with Crippen LogP contribution in [-0.4, -0.2) is 6.04 Å². The SMILES string of the molecule is C=C/C(=C\C(=C/C)NC(CC)CCCC)c1cccc(C(=C)C)c1. The number of rotatable bonds is 10. The highest BCUT2D eigenvalue weighted by Crippen LogP contribution is 2.22. The Hall–Kier alpha value is -2.02. The first kappa shape index (κ1) is 20.0. The minimum absolute atomic E-state index is 0.528. The molecule has 0 spiro atoms. The fourth-order valence-electron chi connectivity index (χ4n) is 2.66. The molecule has 0 aliphatic heterocycles. The highest BCUT2D eigenvalue weighted by Gasteiger charge is 2.07. The van der Waals surface area contributed by atoms with Gasteiger partial charge in [0.1, 0.15) is 0 Å². The molecule has 1 nitrogen and oxygen atoms in total. The third kappa shape index (κ3) is 6.23. The molecule has 0 fully saturated rings. The van der Waals surface area contributed by atoms with E-state index in [0.29, 0.717) is 6.04 Å². The van der Waals surface area contributed by atoms with Crippen molar-refractivity contribution in [2.75, 3.05) is 0 Å². The predicted octanol–water partition coefficient (Wildman–Crippen LogP) is 6.75. The van der Waals surface area contributed by atoms with Gasteiger partial charge in [-0.2, -0.15) is 0 Å². The Morgan fingerprint density at radius 1 is 1.25 bits per heavy atom. The number of hydrogen-bond acceptors (Lipinski definition) is 1. The van der Waals surface area contributed by atoms with Crippen LogP contribution < -0.4 is 5.32 Å². The Kier molecular flexibility index (Phi) is 8.93. The Morgan fingerprint density at radius 3 is 2.50 bits per heavy atom. The molecule has 1 heteroatoms. The van der Waals surface area contributed by atoms with Crippen molar-refractivity contribution in [3.8, 4) is 0 Å². The third-order valence-corrected chi connectivity index (χ3v) is 4.30. The van der Waals surface area contributed by atoms with Crippen molar-refractivity contribution in [3.05, 3.63) is 72.5 Å². The number of unbranched alkanes of at least 4 members (excludes halogenated alkanes) is 1. The third-order valence-electron chi connectivity index (χ3n) is 4.30. The monoisotopic (exact) mass is 323 g/mol. The molecule has 0 radical (unpaired) electrons. The summed E-state index contributed by atoms with van der Waals surface area (Å²) in [6.07, 6.45) is 11.1. The van der Waals surface area contributed by atoms with Crippen LogP contribution >= 0.6 is 0 Å². The average Bonchev–Trinajstić information content (AvgIpc) is 2.61. The molecule has 0 heterocycles. The first-order chi connectivity index (χ1) is 11.5. The molecule has 1 atom stereocenters. The molecule has 1 N–H and O–H groups in total. The van der Waals surface area contributed by atoms with Crippen molar-refractivity contribution in [1.82, 2.24) is 5.32 Å². The van der Waals surface area contributed by atoms with Crippen LogP contribution in [0.4, 0.5) is 0 Å². The highest BCUT2D eigenvalue weighted by atomic mass is 14.9. The molecular weight excluding hydrogens is 290 g/mol. The van der Waals surface area contributed by atoms with Gasteiger partial charge in [0.2, 0.25) is 0 Å².